The lowest BCUT2D eigenvalue weighted by atomic mass is 10.2. The lowest BCUT2D eigenvalue weighted by Gasteiger charge is -2.27. The molecule has 0 radical (unpaired) electrons. The van der Waals surface area contributed by atoms with Crippen LogP contribution in [0, 0.1) is 12.7 Å². The molecule has 7 nitrogen and oxygen atoms in total. The van der Waals surface area contributed by atoms with Crippen molar-refractivity contribution in [1.82, 2.24) is 9.80 Å². The predicted molar refractivity (Wildman–Crippen MR) is 123 cm³/mol. The zero-order valence-corrected chi connectivity index (χ0v) is 18.8. The van der Waals surface area contributed by atoms with E-state index >= 15 is 0 Å². The summed E-state index contributed by atoms with van der Waals surface area (Å²) in [5.74, 6) is 0.578. The number of nitrogens with zero attached hydrogens (tertiary/aromatic N) is 2. The molecule has 1 N–H and O–H groups in total. The van der Waals surface area contributed by atoms with Crippen LogP contribution >= 0.6 is 0 Å². The second-order valence-corrected chi connectivity index (χ2v) is 7.57. The van der Waals surface area contributed by atoms with Gasteiger partial charge in [-0.2, -0.15) is 0 Å². The number of halogens is 1. The van der Waals surface area contributed by atoms with E-state index in [0.29, 0.717) is 12.3 Å². The summed E-state index contributed by atoms with van der Waals surface area (Å²) in [6.07, 6.45) is 0. The van der Waals surface area contributed by atoms with E-state index < -0.39 is 11.8 Å². The van der Waals surface area contributed by atoms with Gasteiger partial charge in [-0.25, -0.2) is 9.18 Å². The van der Waals surface area contributed by atoms with Gasteiger partial charge in [-0.15, -0.1) is 0 Å². The first-order valence-electron chi connectivity index (χ1n) is 10.6. The fourth-order valence-corrected chi connectivity index (χ4v) is 3.27. The molecule has 8 heteroatoms. The molecule has 3 aromatic rings. The summed E-state index contributed by atoms with van der Waals surface area (Å²) in [5, 5.41) is 2.53. The fraction of sp³-hybridized carbons (Fsp3) is 0.280. The van der Waals surface area contributed by atoms with Gasteiger partial charge in [0.05, 0.1) is 18.8 Å². The first-order valence-corrected chi connectivity index (χ1v) is 10.6. The van der Waals surface area contributed by atoms with Crippen molar-refractivity contribution in [2.75, 3.05) is 32.1 Å². The Morgan fingerprint density at radius 2 is 1.70 bits per heavy atom. The van der Waals surface area contributed by atoms with Crippen molar-refractivity contribution in [3.05, 3.63) is 89.6 Å². The number of hydrogen-bond donors (Lipinski definition) is 1. The smallest absolute Gasteiger partial charge is 0.322 e. The molecule has 0 spiro atoms. The zero-order chi connectivity index (χ0) is 23.6. The number of methoxy groups -OCH3 is 1. The van der Waals surface area contributed by atoms with Gasteiger partial charge in [0.15, 0.2) is 0 Å². The van der Waals surface area contributed by atoms with E-state index in [9.17, 15) is 14.0 Å². The normalized spacial score (nSPS) is 10.6. The van der Waals surface area contributed by atoms with E-state index in [1.54, 1.807) is 11.0 Å². The minimum atomic E-state index is -0.584. The maximum Gasteiger partial charge on any atom is 0.322 e. The minimum absolute atomic E-state index is 0.0459. The molecule has 3 amide bonds. The molecule has 0 aliphatic rings. The van der Waals surface area contributed by atoms with Gasteiger partial charge < -0.3 is 24.3 Å². The Kier molecular flexibility index (Phi) is 8.60. The van der Waals surface area contributed by atoms with Crippen LogP contribution in [0.25, 0.3) is 0 Å². The molecule has 0 atom stereocenters. The van der Waals surface area contributed by atoms with Crippen LogP contribution in [0.1, 0.15) is 17.1 Å². The van der Waals surface area contributed by atoms with Crippen LogP contribution in [0.2, 0.25) is 0 Å². The highest BCUT2D eigenvalue weighted by atomic mass is 19.1. The molecular weight excluding hydrogens is 425 g/mol. The standard InChI is InChI=1S/C25H28FN3O4/c1-19-12-13-21(33-19)17-29(16-20-8-4-3-5-9-20)24(30)18-28(14-15-32-2)25(31)27-23-11-7-6-10-22(23)26/h3-13H,14-18H2,1-2H3,(H,27,31). The maximum atomic E-state index is 14.0. The van der Waals surface area contributed by atoms with Crippen molar-refractivity contribution in [2.24, 2.45) is 0 Å². The average Bonchev–Trinajstić information content (AvgIpc) is 3.22. The lowest BCUT2D eigenvalue weighted by Crippen LogP contribution is -2.45. The number of hydrogen-bond acceptors (Lipinski definition) is 4. The second kappa shape index (κ2) is 11.8. The van der Waals surface area contributed by atoms with Gasteiger partial charge in [0.1, 0.15) is 23.9 Å². The van der Waals surface area contributed by atoms with E-state index in [1.807, 2.05) is 49.4 Å². The molecule has 0 aliphatic heterocycles. The number of rotatable bonds is 10. The fourth-order valence-electron chi connectivity index (χ4n) is 3.27. The third-order valence-corrected chi connectivity index (χ3v) is 5.01. The quantitative estimate of drug-likeness (QED) is 0.493. The summed E-state index contributed by atoms with van der Waals surface area (Å²) in [6, 6.07) is 18.5. The van der Waals surface area contributed by atoms with Crippen molar-refractivity contribution < 1.29 is 23.1 Å². The Bertz CT molecular complexity index is 1050. The molecule has 0 saturated carbocycles. The van der Waals surface area contributed by atoms with E-state index in [-0.39, 0.29) is 37.8 Å². The van der Waals surface area contributed by atoms with Crippen LogP contribution in [-0.4, -0.2) is 48.5 Å². The number of para-hydroxylation sites is 1. The molecule has 0 fully saturated rings. The molecule has 174 valence electrons. The van der Waals surface area contributed by atoms with Gasteiger partial charge in [0, 0.05) is 20.2 Å². The molecular formula is C25H28FN3O4. The van der Waals surface area contributed by atoms with Crippen molar-refractivity contribution in [2.45, 2.75) is 20.0 Å². The van der Waals surface area contributed by atoms with Gasteiger partial charge in [-0.05, 0) is 36.8 Å². The second-order valence-electron chi connectivity index (χ2n) is 7.57. The Labute approximate surface area is 192 Å². The summed E-state index contributed by atoms with van der Waals surface area (Å²) < 4.78 is 24.8. The van der Waals surface area contributed by atoms with Crippen molar-refractivity contribution >= 4 is 17.6 Å². The number of nitrogens with one attached hydrogen (secondary N) is 1. The molecule has 3 rings (SSSR count). The highest BCUT2D eigenvalue weighted by molar-refractivity contribution is 5.92. The maximum absolute atomic E-state index is 14.0. The monoisotopic (exact) mass is 453 g/mol. The largest absolute Gasteiger partial charge is 0.464 e. The van der Waals surface area contributed by atoms with Crippen LogP contribution in [-0.2, 0) is 22.6 Å². The van der Waals surface area contributed by atoms with Gasteiger partial charge in [-0.1, -0.05) is 42.5 Å². The minimum Gasteiger partial charge on any atom is -0.464 e. The summed E-state index contributed by atoms with van der Waals surface area (Å²) in [5.41, 5.74) is 0.998. The Hall–Kier alpha value is -3.65. The number of carbonyl (C=O) groups excluding carboxylic acids is 2. The van der Waals surface area contributed by atoms with Gasteiger partial charge in [-0.3, -0.25) is 4.79 Å². The summed E-state index contributed by atoms with van der Waals surface area (Å²) in [6.45, 7) is 2.65. The number of aryl methyl sites for hydroxylation is 1. The number of urea groups is 1. The van der Waals surface area contributed by atoms with E-state index in [4.69, 9.17) is 9.15 Å². The molecule has 2 aromatic carbocycles. The number of anilines is 1. The molecule has 0 saturated heterocycles. The van der Waals surface area contributed by atoms with Gasteiger partial charge in [0.25, 0.3) is 0 Å². The molecule has 1 aromatic heterocycles. The molecule has 0 unspecified atom stereocenters. The molecule has 1 heterocycles. The number of benzene rings is 2. The molecule has 0 aliphatic carbocycles. The highest BCUT2D eigenvalue weighted by Crippen LogP contribution is 2.15. The first kappa shape index (κ1) is 24.0. The third kappa shape index (κ3) is 7.18. The third-order valence-electron chi connectivity index (χ3n) is 5.01. The van der Waals surface area contributed by atoms with Crippen LogP contribution in [0.15, 0.2) is 71.1 Å². The Morgan fingerprint density at radius 3 is 2.36 bits per heavy atom. The van der Waals surface area contributed by atoms with Crippen LogP contribution in [0.5, 0.6) is 0 Å². The van der Waals surface area contributed by atoms with Gasteiger partial charge >= 0.3 is 6.03 Å². The van der Waals surface area contributed by atoms with Crippen molar-refractivity contribution in [3.63, 3.8) is 0 Å². The number of furan rings is 1. The summed E-state index contributed by atoms with van der Waals surface area (Å²) in [4.78, 5) is 29.1. The first-order chi connectivity index (χ1) is 16.0. The average molecular weight is 454 g/mol. The van der Waals surface area contributed by atoms with Crippen molar-refractivity contribution in [1.29, 1.82) is 0 Å². The number of ether oxygens (including phenoxy) is 1. The SMILES string of the molecule is COCCN(CC(=O)N(Cc1ccccc1)Cc1ccc(C)o1)C(=O)Nc1ccccc1F. The van der Waals surface area contributed by atoms with Crippen molar-refractivity contribution in [3.8, 4) is 0 Å². The van der Waals surface area contributed by atoms with Gasteiger partial charge in [0.2, 0.25) is 5.91 Å². The molecule has 0 bridgehead atoms. The highest BCUT2D eigenvalue weighted by Gasteiger charge is 2.23. The van der Waals surface area contributed by atoms with E-state index in [1.165, 1.54) is 30.2 Å². The Morgan fingerprint density at radius 1 is 0.970 bits per heavy atom. The summed E-state index contributed by atoms with van der Waals surface area (Å²) >= 11 is 0. The topological polar surface area (TPSA) is 75.0 Å². The van der Waals surface area contributed by atoms with Crippen LogP contribution in [0.4, 0.5) is 14.9 Å². The van der Waals surface area contributed by atoms with Crippen LogP contribution < -0.4 is 5.32 Å². The number of amides is 3. The molecule has 33 heavy (non-hydrogen) atoms. The zero-order valence-electron chi connectivity index (χ0n) is 18.8. The predicted octanol–water partition coefficient (Wildman–Crippen LogP) is 4.44. The summed E-state index contributed by atoms with van der Waals surface area (Å²) in [7, 11) is 1.51. The van der Waals surface area contributed by atoms with Crippen LogP contribution in [0.3, 0.4) is 0 Å². The van der Waals surface area contributed by atoms with E-state index in [0.717, 1.165) is 11.3 Å². The van der Waals surface area contributed by atoms with E-state index in [2.05, 4.69) is 5.32 Å². The number of carbonyl (C=O) groups is 2. The Balaban J connectivity index is 1.76. The lowest BCUT2D eigenvalue weighted by molar-refractivity contribution is -0.133.